The van der Waals surface area contributed by atoms with Gasteiger partial charge < -0.3 is 14.2 Å². The molecule has 0 unspecified atom stereocenters. The van der Waals surface area contributed by atoms with E-state index in [1.807, 2.05) is 0 Å². The summed E-state index contributed by atoms with van der Waals surface area (Å²) in [6.45, 7) is 6.96. The first-order valence-electron chi connectivity index (χ1n) is 9.63. The minimum absolute atomic E-state index is 0.00346. The smallest absolute Gasteiger partial charge is 0.466 e. The van der Waals surface area contributed by atoms with Crippen LogP contribution in [0, 0.1) is 0 Å². The Labute approximate surface area is 191 Å². The van der Waals surface area contributed by atoms with Gasteiger partial charge in [-0.05, 0) is 45.9 Å². The number of esters is 1. The van der Waals surface area contributed by atoms with Crippen LogP contribution in [0.4, 0.5) is 28.8 Å². The Morgan fingerprint density at radius 3 is 2.61 bits per heavy atom. The Bertz CT molecular complexity index is 1000. The van der Waals surface area contributed by atoms with Crippen LogP contribution in [0.1, 0.15) is 39.0 Å². The maximum absolute atomic E-state index is 12.6. The fourth-order valence-electron chi connectivity index (χ4n) is 2.33. The Kier molecular flexibility index (Phi) is 8.63. The van der Waals surface area contributed by atoms with Crippen molar-refractivity contribution < 1.29 is 37.0 Å². The monoisotopic (exact) mass is 488 g/mol. The van der Waals surface area contributed by atoms with Crippen molar-refractivity contribution in [2.24, 2.45) is 5.10 Å². The molecule has 1 aromatic carbocycles. The highest BCUT2D eigenvalue weighted by molar-refractivity contribution is 7.13. The maximum Gasteiger partial charge on any atom is 0.573 e. The number of aromatic nitrogens is 1. The molecule has 0 aliphatic rings. The Hall–Kier alpha value is -3.35. The number of ether oxygens (including phenoxy) is 3. The van der Waals surface area contributed by atoms with E-state index in [2.05, 4.69) is 25.6 Å². The molecule has 0 aliphatic heterocycles. The highest BCUT2D eigenvalue weighted by Crippen LogP contribution is 2.27. The summed E-state index contributed by atoms with van der Waals surface area (Å²) in [4.78, 5) is 27.8. The number of halogens is 3. The maximum atomic E-state index is 12.6. The Balaban J connectivity index is 2.16. The second kappa shape index (κ2) is 11.0. The highest BCUT2D eigenvalue weighted by Gasteiger charge is 2.31. The molecule has 1 amide bonds. The Morgan fingerprint density at radius 1 is 1.24 bits per heavy atom. The lowest BCUT2D eigenvalue weighted by Crippen LogP contribution is -2.27. The molecule has 0 fully saturated rings. The minimum atomic E-state index is -4.89. The van der Waals surface area contributed by atoms with Gasteiger partial charge in [-0.3, -0.25) is 15.5 Å². The quantitative estimate of drug-likeness (QED) is 0.308. The van der Waals surface area contributed by atoms with Crippen LogP contribution < -0.4 is 15.5 Å². The molecule has 180 valence electrons. The standard InChI is InChI=1S/C20H23F3N4O5S/c1-5-30-16(28)9-13-11-33-17(25-13)27-24-10-12-8-14(31-20(21,22)23)6-7-15(12)26-18(29)32-19(2,3)4/h6-8,10-11H,5,9H2,1-4H3,(H,25,27)(H,26,29). The number of thiazole rings is 1. The fourth-order valence-corrected chi connectivity index (χ4v) is 2.99. The van der Waals surface area contributed by atoms with E-state index in [1.54, 1.807) is 33.1 Å². The summed E-state index contributed by atoms with van der Waals surface area (Å²) in [5.41, 5.74) is 2.58. The molecule has 0 spiro atoms. The molecule has 33 heavy (non-hydrogen) atoms. The van der Waals surface area contributed by atoms with Crippen LogP contribution in [0.3, 0.4) is 0 Å². The third-order valence-corrected chi connectivity index (χ3v) is 4.23. The second-order valence-corrected chi connectivity index (χ2v) is 8.28. The van der Waals surface area contributed by atoms with E-state index < -0.39 is 29.8 Å². The van der Waals surface area contributed by atoms with Gasteiger partial charge in [-0.1, -0.05) is 0 Å². The van der Waals surface area contributed by atoms with E-state index in [9.17, 15) is 22.8 Å². The van der Waals surface area contributed by atoms with Crippen molar-refractivity contribution in [3.8, 4) is 5.75 Å². The first-order valence-corrected chi connectivity index (χ1v) is 10.5. The van der Waals surface area contributed by atoms with E-state index in [0.29, 0.717) is 10.8 Å². The van der Waals surface area contributed by atoms with Crippen molar-refractivity contribution in [3.05, 3.63) is 34.8 Å². The molecular formula is C20H23F3N4O5S. The molecule has 0 saturated carbocycles. The molecule has 2 N–H and O–H groups in total. The molecule has 0 bridgehead atoms. The first-order chi connectivity index (χ1) is 15.3. The average molecular weight is 488 g/mol. The van der Waals surface area contributed by atoms with Crippen LogP contribution in [-0.2, 0) is 20.7 Å². The molecule has 1 aromatic heterocycles. The minimum Gasteiger partial charge on any atom is -0.466 e. The van der Waals surface area contributed by atoms with Gasteiger partial charge in [-0.15, -0.1) is 24.5 Å². The summed E-state index contributed by atoms with van der Waals surface area (Å²) in [6, 6.07) is 3.33. The number of rotatable bonds is 8. The number of amides is 1. The molecule has 2 rings (SSSR count). The molecule has 1 heterocycles. The molecule has 2 aromatic rings. The predicted molar refractivity (Wildman–Crippen MR) is 117 cm³/mol. The van der Waals surface area contributed by atoms with Crippen molar-refractivity contribution in [1.29, 1.82) is 0 Å². The SMILES string of the molecule is CCOC(=O)Cc1csc(NN=Cc2cc(OC(F)(F)F)ccc2NC(=O)OC(C)(C)C)n1. The van der Waals surface area contributed by atoms with Gasteiger partial charge in [0.25, 0.3) is 0 Å². The summed E-state index contributed by atoms with van der Waals surface area (Å²) in [5, 5.41) is 8.39. The van der Waals surface area contributed by atoms with Crippen LogP contribution in [0.2, 0.25) is 0 Å². The largest absolute Gasteiger partial charge is 0.573 e. The van der Waals surface area contributed by atoms with E-state index in [1.165, 1.54) is 23.6 Å². The van der Waals surface area contributed by atoms with E-state index in [4.69, 9.17) is 9.47 Å². The van der Waals surface area contributed by atoms with Crippen LogP contribution in [-0.4, -0.2) is 41.8 Å². The van der Waals surface area contributed by atoms with E-state index in [-0.39, 0.29) is 24.3 Å². The molecule has 0 atom stereocenters. The second-order valence-electron chi connectivity index (χ2n) is 7.42. The summed E-state index contributed by atoms with van der Waals surface area (Å²) >= 11 is 1.17. The number of hydrazone groups is 1. The first kappa shape index (κ1) is 25.9. The molecule has 13 heteroatoms. The van der Waals surface area contributed by atoms with Gasteiger partial charge in [0, 0.05) is 10.9 Å². The summed E-state index contributed by atoms with van der Waals surface area (Å²) in [5.74, 6) is -0.915. The summed E-state index contributed by atoms with van der Waals surface area (Å²) in [6.07, 6.45) is -4.50. The van der Waals surface area contributed by atoms with Crippen molar-refractivity contribution >= 4 is 40.4 Å². The number of carbonyl (C=O) groups is 2. The average Bonchev–Trinajstić information content (AvgIpc) is 3.08. The zero-order valence-corrected chi connectivity index (χ0v) is 19.1. The predicted octanol–water partition coefficient (Wildman–Crippen LogP) is 4.94. The molecule has 9 nitrogen and oxygen atoms in total. The van der Waals surface area contributed by atoms with E-state index >= 15 is 0 Å². The fraction of sp³-hybridized carbons (Fsp3) is 0.400. The lowest BCUT2D eigenvalue weighted by molar-refractivity contribution is -0.274. The lowest BCUT2D eigenvalue weighted by atomic mass is 10.2. The normalized spacial score (nSPS) is 11.8. The van der Waals surface area contributed by atoms with Gasteiger partial charge in [0.15, 0.2) is 0 Å². The summed E-state index contributed by atoms with van der Waals surface area (Å²) < 4.78 is 51.7. The lowest BCUT2D eigenvalue weighted by Gasteiger charge is -2.20. The molecule has 0 aliphatic carbocycles. The third kappa shape index (κ3) is 9.76. The number of hydrogen-bond donors (Lipinski definition) is 2. The van der Waals surface area contributed by atoms with E-state index in [0.717, 1.165) is 12.1 Å². The number of nitrogens with zero attached hydrogens (tertiary/aromatic N) is 2. The van der Waals surface area contributed by atoms with Crippen LogP contribution in [0.25, 0.3) is 0 Å². The highest BCUT2D eigenvalue weighted by atomic mass is 32.1. The number of nitrogens with one attached hydrogen (secondary N) is 2. The van der Waals surface area contributed by atoms with Gasteiger partial charge in [0.1, 0.15) is 11.4 Å². The Morgan fingerprint density at radius 2 is 1.97 bits per heavy atom. The zero-order valence-electron chi connectivity index (χ0n) is 18.3. The molecule has 0 saturated heterocycles. The van der Waals surface area contributed by atoms with Gasteiger partial charge in [0.2, 0.25) is 5.13 Å². The molecule has 0 radical (unpaired) electrons. The number of hydrogen-bond acceptors (Lipinski definition) is 9. The van der Waals surface area contributed by atoms with Crippen molar-refractivity contribution in [3.63, 3.8) is 0 Å². The van der Waals surface area contributed by atoms with Crippen LogP contribution in [0.15, 0.2) is 28.7 Å². The number of alkyl halides is 3. The number of anilines is 2. The van der Waals surface area contributed by atoms with Crippen LogP contribution >= 0.6 is 11.3 Å². The van der Waals surface area contributed by atoms with Crippen molar-refractivity contribution in [1.82, 2.24) is 4.98 Å². The van der Waals surface area contributed by atoms with Gasteiger partial charge in [-0.2, -0.15) is 5.10 Å². The van der Waals surface area contributed by atoms with Crippen LogP contribution in [0.5, 0.6) is 5.75 Å². The summed E-state index contributed by atoms with van der Waals surface area (Å²) in [7, 11) is 0. The van der Waals surface area contributed by atoms with Crippen molar-refractivity contribution in [2.75, 3.05) is 17.3 Å². The van der Waals surface area contributed by atoms with Gasteiger partial charge >= 0.3 is 18.4 Å². The van der Waals surface area contributed by atoms with Crippen molar-refractivity contribution in [2.45, 2.75) is 46.1 Å². The molecular weight excluding hydrogens is 465 g/mol. The topological polar surface area (TPSA) is 111 Å². The zero-order chi connectivity index (χ0) is 24.6. The van der Waals surface area contributed by atoms with Gasteiger partial charge in [-0.25, -0.2) is 9.78 Å². The van der Waals surface area contributed by atoms with Gasteiger partial charge in [0.05, 0.1) is 30.6 Å². The number of carbonyl (C=O) groups excluding carboxylic acids is 2. The number of benzene rings is 1. The third-order valence-electron chi connectivity index (χ3n) is 3.44.